The van der Waals surface area contributed by atoms with Gasteiger partial charge in [0.2, 0.25) is 10.0 Å². The molecule has 1 aromatic carbocycles. The van der Waals surface area contributed by atoms with Crippen LogP contribution in [0, 0.1) is 42.8 Å². The van der Waals surface area contributed by atoms with Gasteiger partial charge in [-0.25, -0.2) is 17.9 Å². The Morgan fingerprint density at radius 2 is 2.00 bits per heavy atom. The molecule has 0 radical (unpaired) electrons. The van der Waals surface area contributed by atoms with Gasteiger partial charge in [-0.2, -0.15) is 0 Å². The van der Waals surface area contributed by atoms with Crippen molar-refractivity contribution < 1.29 is 49.0 Å². The molecule has 1 heterocycles. The Hall–Kier alpha value is -0.168. The third-order valence-electron chi connectivity index (χ3n) is 5.07. The molecule has 1 aromatic rings. The zero-order valence-corrected chi connectivity index (χ0v) is 22.1. The second-order valence-corrected chi connectivity index (χ2v) is 9.86. The molecule has 9 heteroatoms. The molecule has 1 aliphatic heterocycles. The predicted molar refractivity (Wildman–Crippen MR) is 107 cm³/mol. The van der Waals surface area contributed by atoms with Crippen LogP contribution < -0.4 is 5.14 Å². The van der Waals surface area contributed by atoms with Crippen molar-refractivity contribution in [3.63, 3.8) is 0 Å². The number of nitrogens with zero attached hydrogens (tertiary/aromatic N) is 1. The summed E-state index contributed by atoms with van der Waals surface area (Å²) in [6.45, 7) is 2.23. The summed E-state index contributed by atoms with van der Waals surface area (Å²) in [6.07, 6.45) is 7.44. The van der Waals surface area contributed by atoms with Gasteiger partial charge in [-0.05, 0) is 60.2 Å². The van der Waals surface area contributed by atoms with E-state index in [9.17, 15) is 12.8 Å². The Morgan fingerprint density at radius 1 is 1.29 bits per heavy atom. The van der Waals surface area contributed by atoms with Crippen LogP contribution in [0.25, 0.3) is 5.32 Å². The van der Waals surface area contributed by atoms with Crippen molar-refractivity contribution in [2.45, 2.75) is 50.0 Å². The van der Waals surface area contributed by atoms with E-state index in [-0.39, 0.29) is 37.2 Å². The molecule has 3 N–H and O–H groups in total. The number of allylic oxidation sites excluding steroid dienone is 4. The predicted octanol–water partition coefficient (Wildman–Crippen LogP) is 4.18. The fourth-order valence-corrected chi connectivity index (χ4v) is 4.86. The van der Waals surface area contributed by atoms with E-state index in [4.69, 9.17) is 10.2 Å². The number of sulfonamides is 1. The van der Waals surface area contributed by atoms with Gasteiger partial charge in [0.05, 0.1) is 0 Å². The van der Waals surface area contributed by atoms with Crippen LogP contribution in [0.3, 0.4) is 0 Å². The molecular weight excluding hydrogens is 673 g/mol. The summed E-state index contributed by atoms with van der Waals surface area (Å²) in [6, 6.07) is 2.46. The van der Waals surface area contributed by atoms with E-state index in [0.29, 0.717) is 24.6 Å². The molecular formula is C19H23BrFN2O3SU-. The number of fused-ring (bicyclic) bond motifs is 1. The number of halogens is 2. The molecule has 3 aliphatic rings. The van der Waals surface area contributed by atoms with E-state index in [1.54, 1.807) is 5.57 Å². The molecule has 2 atom stereocenters. The number of benzene rings is 1. The van der Waals surface area contributed by atoms with E-state index in [2.05, 4.69) is 27.3 Å². The molecule has 5 nitrogen and oxygen atoms in total. The van der Waals surface area contributed by atoms with Crippen LogP contribution in [-0.2, 0) is 16.4 Å². The van der Waals surface area contributed by atoms with Crippen molar-refractivity contribution in [2.75, 3.05) is 6.61 Å². The zero-order valence-electron chi connectivity index (χ0n) is 15.6. The SMILES string of the molecule is CC1Cc2cc(F)c(S(N)(=O)=O)cc2[N-]1.OC[C@@H]1CC2=C(CCC(Br)=C2)C1.[U]. The second kappa shape index (κ2) is 9.76. The van der Waals surface area contributed by atoms with Crippen LogP contribution in [0.4, 0.5) is 10.1 Å². The van der Waals surface area contributed by atoms with Gasteiger partial charge in [-0.1, -0.05) is 40.1 Å². The van der Waals surface area contributed by atoms with Crippen molar-refractivity contribution >= 4 is 31.6 Å². The van der Waals surface area contributed by atoms with Crippen molar-refractivity contribution in [3.05, 3.63) is 50.5 Å². The molecule has 0 saturated carbocycles. The van der Waals surface area contributed by atoms with Gasteiger partial charge in [-0.3, -0.25) is 0 Å². The number of rotatable bonds is 2. The maximum Gasteiger partial charge on any atom is 0.240 e. The van der Waals surface area contributed by atoms with Gasteiger partial charge in [0.25, 0.3) is 0 Å². The van der Waals surface area contributed by atoms with Gasteiger partial charge in [0, 0.05) is 37.7 Å². The number of hydrogen-bond donors (Lipinski definition) is 2. The Kier molecular flexibility index (Phi) is 8.40. The van der Waals surface area contributed by atoms with Gasteiger partial charge in [-0.15, -0.1) is 11.7 Å². The fourth-order valence-electron chi connectivity index (χ4n) is 3.78. The summed E-state index contributed by atoms with van der Waals surface area (Å²) in [4.78, 5) is -0.487. The van der Waals surface area contributed by atoms with Crippen LogP contribution in [0.5, 0.6) is 0 Å². The van der Waals surface area contributed by atoms with Crippen LogP contribution in [0.1, 0.15) is 38.2 Å². The van der Waals surface area contributed by atoms with E-state index >= 15 is 0 Å². The van der Waals surface area contributed by atoms with Crippen LogP contribution in [0.2, 0.25) is 0 Å². The van der Waals surface area contributed by atoms with Crippen LogP contribution in [0.15, 0.2) is 38.7 Å². The first-order valence-corrected chi connectivity index (χ1v) is 11.2. The molecule has 0 saturated heterocycles. The minimum Gasteiger partial charge on any atom is -0.681 e. The summed E-state index contributed by atoms with van der Waals surface area (Å²) in [7, 11) is -4.01. The summed E-state index contributed by atoms with van der Waals surface area (Å²) in [5, 5.41) is 18.1. The van der Waals surface area contributed by atoms with Crippen molar-refractivity contribution in [2.24, 2.45) is 11.1 Å². The first kappa shape index (κ1) is 24.1. The van der Waals surface area contributed by atoms with Gasteiger partial charge in [0.1, 0.15) is 10.7 Å². The quantitative estimate of drug-likeness (QED) is 0.487. The van der Waals surface area contributed by atoms with Gasteiger partial charge in [0.15, 0.2) is 0 Å². The molecule has 152 valence electrons. The molecule has 0 fully saturated rings. The normalized spacial score (nSPS) is 23.0. The van der Waals surface area contributed by atoms with Crippen molar-refractivity contribution in [3.8, 4) is 0 Å². The smallest absolute Gasteiger partial charge is 0.240 e. The Bertz CT molecular complexity index is 918. The average Bonchev–Trinajstić information content (AvgIpc) is 3.14. The minimum absolute atomic E-state index is 0. The first-order valence-electron chi connectivity index (χ1n) is 8.91. The van der Waals surface area contributed by atoms with E-state index < -0.39 is 20.7 Å². The monoisotopic (exact) mass is 695 g/mol. The van der Waals surface area contributed by atoms with Gasteiger partial charge < -0.3 is 10.4 Å². The molecule has 2 aliphatic carbocycles. The Morgan fingerprint density at radius 3 is 2.64 bits per heavy atom. The largest absolute Gasteiger partial charge is 0.681 e. The summed E-state index contributed by atoms with van der Waals surface area (Å²) in [5.74, 6) is -0.301. The first-order chi connectivity index (χ1) is 12.7. The minimum atomic E-state index is -4.01. The number of aliphatic hydroxyl groups excluding tert-OH is 1. The third-order valence-corrected chi connectivity index (χ3v) is 6.62. The Balaban J connectivity index is 0.000000198. The van der Waals surface area contributed by atoms with Crippen molar-refractivity contribution in [1.29, 1.82) is 0 Å². The number of aliphatic hydroxyl groups is 1. The number of primary sulfonamides is 1. The summed E-state index contributed by atoms with van der Waals surface area (Å²) < 4.78 is 36.7. The molecule has 4 rings (SSSR count). The average molecular weight is 696 g/mol. The second-order valence-electron chi connectivity index (χ2n) is 7.32. The maximum absolute atomic E-state index is 13.4. The molecule has 0 bridgehead atoms. The van der Waals surface area contributed by atoms with E-state index in [1.165, 1.54) is 28.6 Å². The molecule has 28 heavy (non-hydrogen) atoms. The van der Waals surface area contributed by atoms with Crippen LogP contribution >= 0.6 is 15.9 Å². The third kappa shape index (κ3) is 5.71. The zero-order chi connectivity index (χ0) is 19.8. The molecule has 0 aromatic heterocycles. The van der Waals surface area contributed by atoms with Crippen molar-refractivity contribution in [1.82, 2.24) is 0 Å². The molecule has 1 unspecified atom stereocenters. The van der Waals surface area contributed by atoms with Gasteiger partial charge >= 0.3 is 0 Å². The Labute approximate surface area is 197 Å². The molecule has 0 spiro atoms. The molecule has 0 amide bonds. The maximum atomic E-state index is 13.4. The van der Waals surface area contributed by atoms with E-state index in [1.807, 2.05) is 6.92 Å². The topological polar surface area (TPSA) is 94.5 Å². The summed E-state index contributed by atoms with van der Waals surface area (Å²) >= 11 is 3.53. The van der Waals surface area contributed by atoms with E-state index in [0.717, 1.165) is 24.8 Å². The summed E-state index contributed by atoms with van der Waals surface area (Å²) in [5.41, 5.74) is 4.31. The fraction of sp³-hybridized carbons (Fsp3) is 0.474. The van der Waals surface area contributed by atoms with Crippen LogP contribution in [-0.4, -0.2) is 26.2 Å². The number of nitrogens with two attached hydrogens (primary N) is 1. The standard InChI is InChI=1S/C10H13BrO.C9H10FN2O2S.U/c11-10-2-1-8-3-7(6-12)4-9(8)5-10;1-5-2-6-3-7(10)9(15(11,13)14)4-8(6)12-5;/h5,7,12H,1-4,6H2;3-5H,2H2,1H3,(H2,11,13,14);/q;-1;/t7-;;/m0../s1. The number of hydrogen-bond acceptors (Lipinski definition) is 3.